The molecule has 130 valence electrons. The maximum absolute atomic E-state index is 12.2. The molecular formula is C16H19ClN2O3S2. The van der Waals surface area contributed by atoms with Gasteiger partial charge in [0.15, 0.2) is 0 Å². The van der Waals surface area contributed by atoms with Crippen molar-refractivity contribution in [1.29, 1.82) is 0 Å². The predicted octanol–water partition coefficient (Wildman–Crippen LogP) is 3.61. The van der Waals surface area contributed by atoms with Gasteiger partial charge in [0.1, 0.15) is 4.21 Å². The van der Waals surface area contributed by atoms with Crippen molar-refractivity contribution in [3.8, 4) is 0 Å². The molecular weight excluding hydrogens is 368 g/mol. The number of anilines is 1. The van der Waals surface area contributed by atoms with Gasteiger partial charge in [-0.25, -0.2) is 8.42 Å². The fourth-order valence-electron chi connectivity index (χ4n) is 2.20. The van der Waals surface area contributed by atoms with Crippen molar-refractivity contribution in [2.75, 3.05) is 17.8 Å². The third-order valence-electron chi connectivity index (χ3n) is 3.49. The highest BCUT2D eigenvalue weighted by Gasteiger charge is 2.17. The van der Waals surface area contributed by atoms with Gasteiger partial charge in [0.25, 0.3) is 10.0 Å². The number of nitrogens with zero attached hydrogens (tertiary/aromatic N) is 1. The zero-order valence-corrected chi connectivity index (χ0v) is 15.8. The summed E-state index contributed by atoms with van der Waals surface area (Å²) >= 11 is 6.78. The minimum absolute atomic E-state index is 0.0570. The lowest BCUT2D eigenvalue weighted by Gasteiger charge is -2.18. The van der Waals surface area contributed by atoms with Gasteiger partial charge in [0, 0.05) is 18.8 Å². The smallest absolute Gasteiger partial charge is 0.271 e. The topological polar surface area (TPSA) is 66.5 Å². The number of likely N-dealkylation sites (N-methyl/N-ethyl adjacent to an activating group) is 1. The van der Waals surface area contributed by atoms with E-state index in [0.717, 1.165) is 16.9 Å². The second-order valence-electron chi connectivity index (χ2n) is 5.10. The first-order valence-corrected chi connectivity index (χ1v) is 10.2. The molecule has 2 rings (SSSR count). The molecule has 8 heteroatoms. The SMILES string of the molecule is CCN(CC)C(=O)Cc1ccc(NS(=O)(=O)c2ccc(Cl)s2)cc1. The zero-order chi connectivity index (χ0) is 17.7. The van der Waals surface area contributed by atoms with Gasteiger partial charge in [-0.3, -0.25) is 9.52 Å². The molecule has 0 saturated carbocycles. The van der Waals surface area contributed by atoms with Crippen molar-refractivity contribution in [3.63, 3.8) is 0 Å². The number of halogens is 1. The number of benzene rings is 1. The summed E-state index contributed by atoms with van der Waals surface area (Å²) in [5, 5.41) is 0. The lowest BCUT2D eigenvalue weighted by Crippen LogP contribution is -2.31. The first-order valence-electron chi connectivity index (χ1n) is 7.50. The van der Waals surface area contributed by atoms with Gasteiger partial charge < -0.3 is 4.90 Å². The van der Waals surface area contributed by atoms with E-state index in [1.165, 1.54) is 6.07 Å². The summed E-state index contributed by atoms with van der Waals surface area (Å²) in [6, 6.07) is 9.81. The number of carbonyl (C=O) groups excluding carboxylic acids is 1. The van der Waals surface area contributed by atoms with Gasteiger partial charge in [-0.15, -0.1) is 11.3 Å². The average molecular weight is 387 g/mol. The molecule has 0 aliphatic carbocycles. The quantitative estimate of drug-likeness (QED) is 0.790. The summed E-state index contributed by atoms with van der Waals surface area (Å²) in [6.45, 7) is 5.24. The van der Waals surface area contributed by atoms with Crippen molar-refractivity contribution >= 4 is 44.6 Å². The summed E-state index contributed by atoms with van der Waals surface area (Å²) in [5.41, 5.74) is 1.28. The molecule has 2 aromatic rings. The number of hydrogen-bond donors (Lipinski definition) is 1. The van der Waals surface area contributed by atoms with Crippen LogP contribution in [0.25, 0.3) is 0 Å². The highest BCUT2D eigenvalue weighted by molar-refractivity contribution is 7.94. The van der Waals surface area contributed by atoms with E-state index in [-0.39, 0.29) is 10.1 Å². The minimum atomic E-state index is -3.64. The molecule has 1 aromatic heterocycles. The van der Waals surface area contributed by atoms with E-state index in [9.17, 15) is 13.2 Å². The molecule has 0 unspecified atom stereocenters. The minimum Gasteiger partial charge on any atom is -0.343 e. The fourth-order valence-corrected chi connectivity index (χ4v) is 4.74. The fraction of sp³-hybridized carbons (Fsp3) is 0.312. The molecule has 24 heavy (non-hydrogen) atoms. The first-order chi connectivity index (χ1) is 11.4. The molecule has 0 aliphatic rings. The van der Waals surface area contributed by atoms with E-state index in [4.69, 9.17) is 11.6 Å². The highest BCUT2D eigenvalue weighted by Crippen LogP contribution is 2.27. The Kier molecular flexibility index (Phi) is 6.26. The number of rotatable bonds is 7. The third-order valence-corrected chi connectivity index (χ3v) is 6.60. The standard InChI is InChI=1S/C16H19ClN2O3S2/c1-3-19(4-2)15(20)11-12-5-7-13(8-6-12)18-24(21,22)16-10-9-14(17)23-16/h5-10,18H,3-4,11H2,1-2H3. The number of carbonyl (C=O) groups is 1. The van der Waals surface area contributed by atoms with Crippen LogP contribution >= 0.6 is 22.9 Å². The van der Waals surface area contributed by atoms with Crippen LogP contribution in [0, 0.1) is 0 Å². The van der Waals surface area contributed by atoms with E-state index < -0.39 is 10.0 Å². The molecule has 0 aliphatic heterocycles. The lowest BCUT2D eigenvalue weighted by atomic mass is 10.1. The van der Waals surface area contributed by atoms with Gasteiger partial charge in [-0.1, -0.05) is 23.7 Å². The van der Waals surface area contributed by atoms with Crippen LogP contribution in [-0.2, 0) is 21.2 Å². The Labute approximate surface area is 151 Å². The molecule has 5 nitrogen and oxygen atoms in total. The van der Waals surface area contributed by atoms with Crippen LogP contribution in [0.4, 0.5) is 5.69 Å². The molecule has 0 radical (unpaired) electrons. The Bertz CT molecular complexity index is 797. The van der Waals surface area contributed by atoms with Crippen LogP contribution in [0.1, 0.15) is 19.4 Å². The largest absolute Gasteiger partial charge is 0.343 e. The van der Waals surface area contributed by atoms with Crippen LogP contribution < -0.4 is 4.72 Å². The number of thiophene rings is 1. The molecule has 0 spiro atoms. The summed E-state index contributed by atoms with van der Waals surface area (Å²) < 4.78 is 27.5. The summed E-state index contributed by atoms with van der Waals surface area (Å²) in [4.78, 5) is 13.8. The van der Waals surface area contributed by atoms with E-state index in [2.05, 4.69) is 4.72 Å². The third kappa shape index (κ3) is 4.72. The van der Waals surface area contributed by atoms with Gasteiger partial charge >= 0.3 is 0 Å². The van der Waals surface area contributed by atoms with Crippen molar-refractivity contribution < 1.29 is 13.2 Å². The van der Waals surface area contributed by atoms with Gasteiger partial charge in [0.2, 0.25) is 5.91 Å². The van der Waals surface area contributed by atoms with Gasteiger partial charge in [0.05, 0.1) is 10.8 Å². The molecule has 1 aromatic carbocycles. The normalized spacial score (nSPS) is 11.3. The second-order valence-corrected chi connectivity index (χ2v) is 8.73. The van der Waals surface area contributed by atoms with Crippen molar-refractivity contribution in [2.45, 2.75) is 24.5 Å². The van der Waals surface area contributed by atoms with Crippen LogP contribution in [0.5, 0.6) is 0 Å². The van der Waals surface area contributed by atoms with Crippen molar-refractivity contribution in [3.05, 3.63) is 46.3 Å². The average Bonchev–Trinajstić information content (AvgIpc) is 2.98. The number of nitrogens with one attached hydrogen (secondary N) is 1. The summed E-state index contributed by atoms with van der Waals surface area (Å²) in [7, 11) is -3.64. The number of amides is 1. The lowest BCUT2D eigenvalue weighted by molar-refractivity contribution is -0.130. The van der Waals surface area contributed by atoms with E-state index in [0.29, 0.717) is 29.5 Å². The van der Waals surface area contributed by atoms with E-state index in [1.54, 1.807) is 35.2 Å². The second kappa shape index (κ2) is 8.00. The van der Waals surface area contributed by atoms with Crippen molar-refractivity contribution in [2.24, 2.45) is 0 Å². The van der Waals surface area contributed by atoms with Crippen LogP contribution in [0.2, 0.25) is 4.34 Å². The maximum Gasteiger partial charge on any atom is 0.271 e. The number of sulfonamides is 1. The molecule has 0 saturated heterocycles. The maximum atomic E-state index is 12.2. The monoisotopic (exact) mass is 386 g/mol. The molecule has 1 amide bonds. The van der Waals surface area contributed by atoms with Crippen LogP contribution in [-0.4, -0.2) is 32.3 Å². The summed E-state index contributed by atoms with van der Waals surface area (Å²) in [5.74, 6) is 0.0570. The molecule has 1 heterocycles. The molecule has 0 atom stereocenters. The van der Waals surface area contributed by atoms with Gasteiger partial charge in [-0.2, -0.15) is 0 Å². The Morgan fingerprint density at radius 3 is 2.25 bits per heavy atom. The molecule has 0 bridgehead atoms. The van der Waals surface area contributed by atoms with Crippen LogP contribution in [0.3, 0.4) is 0 Å². The number of hydrogen-bond acceptors (Lipinski definition) is 4. The molecule has 0 fully saturated rings. The predicted molar refractivity (Wildman–Crippen MR) is 98.2 cm³/mol. The van der Waals surface area contributed by atoms with Crippen LogP contribution in [0.15, 0.2) is 40.6 Å². The Hall–Kier alpha value is -1.57. The van der Waals surface area contributed by atoms with E-state index in [1.807, 2.05) is 13.8 Å². The highest BCUT2D eigenvalue weighted by atomic mass is 35.5. The van der Waals surface area contributed by atoms with Crippen molar-refractivity contribution in [1.82, 2.24) is 4.90 Å². The zero-order valence-electron chi connectivity index (χ0n) is 13.5. The van der Waals surface area contributed by atoms with Gasteiger partial charge in [-0.05, 0) is 43.7 Å². The first kappa shape index (κ1) is 18.8. The Morgan fingerprint density at radius 1 is 1.12 bits per heavy atom. The Balaban J connectivity index is 2.06. The Morgan fingerprint density at radius 2 is 1.75 bits per heavy atom. The van der Waals surface area contributed by atoms with E-state index >= 15 is 0 Å². The molecule has 1 N–H and O–H groups in total. The summed E-state index contributed by atoms with van der Waals surface area (Å²) in [6.07, 6.45) is 0.301.